The number of aliphatic carboxylic acids is 1. The number of hydrogen-bond donors (Lipinski definition) is 2. The van der Waals surface area contributed by atoms with Gasteiger partial charge in [0.15, 0.2) is 0 Å². The van der Waals surface area contributed by atoms with E-state index in [0.29, 0.717) is 17.4 Å². The minimum absolute atomic E-state index is 0.197. The SMILES string of the molecule is CC/C=C\C/C=C\C/C=C\C/C=C\CCC(=O)OCC(O)COC(OCC[N+](C)(C)C)C(=O)O. The van der Waals surface area contributed by atoms with Crippen LogP contribution in [0.5, 0.6) is 0 Å². The second kappa shape index (κ2) is 20.1. The van der Waals surface area contributed by atoms with Crippen LogP contribution in [0, 0.1) is 0 Å². The van der Waals surface area contributed by atoms with Crippen molar-refractivity contribution < 1.29 is 38.5 Å². The molecule has 0 aliphatic heterocycles. The highest BCUT2D eigenvalue weighted by molar-refractivity contribution is 5.70. The second-order valence-corrected chi connectivity index (χ2v) is 8.76. The number of likely N-dealkylation sites (N-methyl/N-ethyl adjacent to an activating group) is 1. The van der Waals surface area contributed by atoms with Crippen LogP contribution in [0.3, 0.4) is 0 Å². The van der Waals surface area contributed by atoms with E-state index in [4.69, 9.17) is 19.3 Å². The number of esters is 1. The first-order valence-electron chi connectivity index (χ1n) is 11.9. The molecule has 0 heterocycles. The summed E-state index contributed by atoms with van der Waals surface area (Å²) in [6.07, 6.45) is 18.6. The molecular weight excluding hydrogens is 438 g/mol. The van der Waals surface area contributed by atoms with E-state index in [2.05, 4.69) is 43.4 Å². The fourth-order valence-corrected chi connectivity index (χ4v) is 2.43. The first kappa shape index (κ1) is 31.7. The number of carbonyl (C=O) groups is 2. The van der Waals surface area contributed by atoms with Crippen molar-refractivity contribution in [1.82, 2.24) is 0 Å². The third-order valence-corrected chi connectivity index (χ3v) is 4.34. The Balaban J connectivity index is 3.91. The molecule has 8 nitrogen and oxygen atoms in total. The molecule has 0 radical (unpaired) electrons. The Morgan fingerprint density at radius 2 is 1.41 bits per heavy atom. The van der Waals surface area contributed by atoms with Crippen LogP contribution in [-0.4, -0.2) is 86.5 Å². The zero-order chi connectivity index (χ0) is 25.7. The molecule has 0 amide bonds. The second-order valence-electron chi connectivity index (χ2n) is 8.76. The van der Waals surface area contributed by atoms with Gasteiger partial charge in [-0.25, -0.2) is 4.79 Å². The largest absolute Gasteiger partial charge is 0.477 e. The van der Waals surface area contributed by atoms with E-state index in [1.54, 1.807) is 0 Å². The van der Waals surface area contributed by atoms with Crippen LogP contribution in [-0.2, 0) is 23.8 Å². The van der Waals surface area contributed by atoms with Gasteiger partial charge in [0.1, 0.15) is 19.3 Å². The molecular formula is C26H44NO7+. The Morgan fingerprint density at radius 1 is 0.853 bits per heavy atom. The number of quaternary nitrogens is 1. The molecule has 0 aromatic rings. The van der Waals surface area contributed by atoms with Gasteiger partial charge in [0.05, 0.1) is 34.4 Å². The van der Waals surface area contributed by atoms with Crippen LogP contribution in [0.25, 0.3) is 0 Å². The molecule has 0 aliphatic carbocycles. The molecule has 0 bridgehead atoms. The molecule has 0 rings (SSSR count). The highest BCUT2D eigenvalue weighted by Crippen LogP contribution is 2.02. The van der Waals surface area contributed by atoms with Crippen LogP contribution in [0.2, 0.25) is 0 Å². The maximum absolute atomic E-state index is 11.8. The number of ether oxygens (including phenoxy) is 3. The highest BCUT2D eigenvalue weighted by Gasteiger charge is 2.22. The minimum Gasteiger partial charge on any atom is -0.477 e. The molecule has 8 heteroatoms. The van der Waals surface area contributed by atoms with E-state index >= 15 is 0 Å². The predicted octanol–water partition coefficient (Wildman–Crippen LogP) is 3.63. The van der Waals surface area contributed by atoms with Crippen molar-refractivity contribution in [3.05, 3.63) is 48.6 Å². The average Bonchev–Trinajstić information content (AvgIpc) is 2.76. The molecule has 2 atom stereocenters. The fraction of sp³-hybridized carbons (Fsp3) is 0.615. The molecule has 0 fully saturated rings. The van der Waals surface area contributed by atoms with Gasteiger partial charge in [-0.15, -0.1) is 0 Å². The van der Waals surface area contributed by atoms with Crippen molar-refractivity contribution in [3.8, 4) is 0 Å². The van der Waals surface area contributed by atoms with Gasteiger partial charge in [-0.2, -0.15) is 0 Å². The first-order valence-corrected chi connectivity index (χ1v) is 11.9. The van der Waals surface area contributed by atoms with E-state index in [0.717, 1.165) is 25.7 Å². The van der Waals surface area contributed by atoms with Crippen LogP contribution >= 0.6 is 0 Å². The smallest absolute Gasteiger partial charge is 0.361 e. The Morgan fingerprint density at radius 3 is 1.94 bits per heavy atom. The van der Waals surface area contributed by atoms with Gasteiger partial charge < -0.3 is 28.9 Å². The molecule has 2 unspecified atom stereocenters. The Kier molecular flexibility index (Phi) is 18.8. The Bertz CT molecular complexity index is 663. The average molecular weight is 483 g/mol. The van der Waals surface area contributed by atoms with Gasteiger partial charge in [0.2, 0.25) is 0 Å². The van der Waals surface area contributed by atoms with E-state index in [-0.39, 0.29) is 26.2 Å². The summed E-state index contributed by atoms with van der Waals surface area (Å²) in [5.74, 6) is -1.71. The van der Waals surface area contributed by atoms with Crippen LogP contribution < -0.4 is 0 Å². The third kappa shape index (κ3) is 21.6. The number of carboxylic acid groups (broad SMARTS) is 1. The number of allylic oxidation sites excluding steroid dienone is 8. The highest BCUT2D eigenvalue weighted by atomic mass is 16.7. The summed E-state index contributed by atoms with van der Waals surface area (Å²) in [7, 11) is 5.87. The summed E-state index contributed by atoms with van der Waals surface area (Å²) in [5.41, 5.74) is 0. The van der Waals surface area contributed by atoms with Crippen LogP contribution in [0.4, 0.5) is 0 Å². The minimum atomic E-state index is -1.48. The molecule has 0 aromatic carbocycles. The lowest BCUT2D eigenvalue weighted by Gasteiger charge is -2.24. The van der Waals surface area contributed by atoms with Crippen molar-refractivity contribution in [1.29, 1.82) is 0 Å². The maximum Gasteiger partial charge on any atom is 0.361 e. The number of aliphatic hydroxyl groups excluding tert-OH is 1. The number of rotatable bonds is 20. The zero-order valence-electron chi connectivity index (χ0n) is 21.2. The van der Waals surface area contributed by atoms with Crippen molar-refractivity contribution in [2.24, 2.45) is 0 Å². The monoisotopic (exact) mass is 482 g/mol. The number of carbonyl (C=O) groups excluding carboxylic acids is 1. The van der Waals surface area contributed by atoms with Gasteiger partial charge in [-0.05, 0) is 32.1 Å². The summed E-state index contributed by atoms with van der Waals surface area (Å²) in [6.45, 7) is 2.34. The summed E-state index contributed by atoms with van der Waals surface area (Å²) in [4.78, 5) is 23.0. The van der Waals surface area contributed by atoms with E-state index in [1.807, 2.05) is 33.3 Å². The number of carboxylic acids is 1. The molecule has 194 valence electrons. The lowest BCUT2D eigenvalue weighted by molar-refractivity contribution is -0.870. The van der Waals surface area contributed by atoms with Gasteiger partial charge in [-0.3, -0.25) is 4.79 Å². The quantitative estimate of drug-likeness (QED) is 0.118. The summed E-state index contributed by atoms with van der Waals surface area (Å²) >= 11 is 0. The standard InChI is InChI=1S/C26H43NO7/c1-5-6-7-8-9-10-11-12-13-14-15-16-17-18-24(29)33-21-23(28)22-34-26(25(30)31)32-20-19-27(2,3)4/h6-7,9-10,12-13,15-16,23,26,28H,5,8,11,14,17-22H2,1-4H3/p+1/b7-6-,10-9-,13-12-,16-15-. The molecule has 2 N–H and O–H groups in total. The summed E-state index contributed by atoms with van der Waals surface area (Å²) in [5, 5.41) is 19.0. The van der Waals surface area contributed by atoms with Crippen LogP contribution in [0.1, 0.15) is 45.4 Å². The van der Waals surface area contributed by atoms with E-state index in [1.165, 1.54) is 0 Å². The van der Waals surface area contributed by atoms with Gasteiger partial charge >= 0.3 is 11.9 Å². The number of nitrogens with zero attached hydrogens (tertiary/aromatic N) is 1. The topological polar surface area (TPSA) is 102 Å². The molecule has 0 aromatic heterocycles. The lowest BCUT2D eigenvalue weighted by Crippen LogP contribution is -2.40. The predicted molar refractivity (Wildman–Crippen MR) is 133 cm³/mol. The molecule has 0 saturated carbocycles. The Labute approximate surface area is 204 Å². The molecule has 0 saturated heterocycles. The molecule has 0 spiro atoms. The molecule has 34 heavy (non-hydrogen) atoms. The van der Waals surface area contributed by atoms with E-state index in [9.17, 15) is 14.7 Å². The van der Waals surface area contributed by atoms with Gasteiger partial charge in [-0.1, -0.05) is 55.5 Å². The van der Waals surface area contributed by atoms with E-state index < -0.39 is 24.3 Å². The third-order valence-electron chi connectivity index (χ3n) is 4.34. The number of aliphatic hydroxyl groups is 1. The van der Waals surface area contributed by atoms with Crippen molar-refractivity contribution in [2.45, 2.75) is 57.8 Å². The molecule has 0 aliphatic rings. The number of hydrogen-bond acceptors (Lipinski definition) is 6. The maximum atomic E-state index is 11.8. The van der Waals surface area contributed by atoms with Crippen molar-refractivity contribution in [3.63, 3.8) is 0 Å². The lowest BCUT2D eigenvalue weighted by atomic mass is 10.2. The fourth-order valence-electron chi connectivity index (χ4n) is 2.43. The van der Waals surface area contributed by atoms with Gasteiger partial charge in [0.25, 0.3) is 6.29 Å². The first-order chi connectivity index (χ1) is 16.2. The van der Waals surface area contributed by atoms with Crippen molar-refractivity contribution in [2.75, 3.05) is 47.5 Å². The van der Waals surface area contributed by atoms with Crippen molar-refractivity contribution >= 4 is 11.9 Å². The summed E-state index contributed by atoms with van der Waals surface area (Å²) in [6, 6.07) is 0. The van der Waals surface area contributed by atoms with Crippen LogP contribution in [0.15, 0.2) is 48.6 Å². The van der Waals surface area contributed by atoms with Gasteiger partial charge in [0, 0.05) is 6.42 Å². The Hall–Kier alpha value is -2.26. The summed E-state index contributed by atoms with van der Waals surface area (Å²) < 4.78 is 15.9. The zero-order valence-corrected chi connectivity index (χ0v) is 21.2. The normalized spacial score (nSPS) is 14.5.